The summed E-state index contributed by atoms with van der Waals surface area (Å²) in [5, 5.41) is 5.55. The van der Waals surface area contributed by atoms with Crippen molar-refractivity contribution >= 4 is 11.8 Å². The van der Waals surface area contributed by atoms with Crippen LogP contribution in [0.15, 0.2) is 30.3 Å². The van der Waals surface area contributed by atoms with Crippen LogP contribution in [0, 0.1) is 0 Å². The number of morpholine rings is 1. The van der Waals surface area contributed by atoms with Crippen molar-refractivity contribution in [3.8, 4) is 0 Å². The number of carbonyl (C=O) groups is 2. The van der Waals surface area contributed by atoms with Gasteiger partial charge in [0.15, 0.2) is 0 Å². The summed E-state index contributed by atoms with van der Waals surface area (Å²) in [6.45, 7) is 6.35. The topological polar surface area (TPSA) is 70.7 Å². The molecule has 0 bridgehead atoms. The van der Waals surface area contributed by atoms with Crippen molar-refractivity contribution in [3.63, 3.8) is 0 Å². The molecule has 2 amide bonds. The maximum atomic E-state index is 12.0. The van der Waals surface area contributed by atoms with Crippen LogP contribution in [0.2, 0.25) is 0 Å². The number of rotatable bonds is 6. The molecule has 1 saturated heterocycles. The summed E-state index contributed by atoms with van der Waals surface area (Å²) >= 11 is 0. The lowest BCUT2D eigenvalue weighted by Crippen LogP contribution is -2.47. The third-order valence-electron chi connectivity index (χ3n) is 3.61. The van der Waals surface area contributed by atoms with Crippen molar-refractivity contribution < 1.29 is 14.3 Å². The van der Waals surface area contributed by atoms with Gasteiger partial charge in [0.1, 0.15) is 6.04 Å². The first kappa shape index (κ1) is 16.5. The molecule has 6 heteroatoms. The number of amides is 2. The molecule has 1 aromatic rings. The van der Waals surface area contributed by atoms with Crippen molar-refractivity contribution in [2.45, 2.75) is 13.0 Å². The molecule has 1 heterocycles. The highest BCUT2D eigenvalue weighted by molar-refractivity contribution is 5.97. The first-order valence-electron chi connectivity index (χ1n) is 7.60. The van der Waals surface area contributed by atoms with E-state index in [-0.39, 0.29) is 11.8 Å². The van der Waals surface area contributed by atoms with E-state index in [1.165, 1.54) is 0 Å². The van der Waals surface area contributed by atoms with Crippen LogP contribution in [0.4, 0.5) is 0 Å². The minimum atomic E-state index is -0.558. The SMILES string of the molecule is CC(NC(=O)c1ccccc1)C(=O)NCCN1CCOCC1. The highest BCUT2D eigenvalue weighted by Gasteiger charge is 2.16. The highest BCUT2D eigenvalue weighted by atomic mass is 16.5. The average molecular weight is 305 g/mol. The molecule has 1 unspecified atom stereocenters. The zero-order valence-corrected chi connectivity index (χ0v) is 12.9. The van der Waals surface area contributed by atoms with Gasteiger partial charge in [-0.15, -0.1) is 0 Å². The Morgan fingerprint density at radius 1 is 1.23 bits per heavy atom. The van der Waals surface area contributed by atoms with Crippen molar-refractivity contribution in [1.29, 1.82) is 0 Å². The predicted octanol–water partition coefficient (Wildman–Crippen LogP) is 0.253. The van der Waals surface area contributed by atoms with Crippen LogP contribution in [0.5, 0.6) is 0 Å². The van der Waals surface area contributed by atoms with E-state index in [0.717, 1.165) is 32.8 Å². The van der Waals surface area contributed by atoms with Gasteiger partial charge in [0.2, 0.25) is 5.91 Å². The number of hydrogen-bond acceptors (Lipinski definition) is 4. The van der Waals surface area contributed by atoms with Gasteiger partial charge in [-0.2, -0.15) is 0 Å². The van der Waals surface area contributed by atoms with E-state index in [1.807, 2.05) is 6.07 Å². The molecule has 1 aliphatic heterocycles. The standard InChI is InChI=1S/C16H23N3O3/c1-13(18-16(21)14-5-3-2-4-6-14)15(20)17-7-8-19-9-11-22-12-10-19/h2-6,13H,7-12H2,1H3,(H,17,20)(H,18,21). The molecule has 1 aromatic carbocycles. The predicted molar refractivity (Wildman–Crippen MR) is 83.6 cm³/mol. The van der Waals surface area contributed by atoms with E-state index >= 15 is 0 Å². The molecule has 0 aromatic heterocycles. The van der Waals surface area contributed by atoms with Crippen LogP contribution >= 0.6 is 0 Å². The summed E-state index contributed by atoms with van der Waals surface area (Å²) in [5.74, 6) is -0.408. The third kappa shape index (κ3) is 5.13. The Labute approximate surface area is 130 Å². The Hall–Kier alpha value is -1.92. The molecule has 120 valence electrons. The molecule has 1 aliphatic rings. The normalized spacial score (nSPS) is 16.8. The van der Waals surface area contributed by atoms with E-state index in [1.54, 1.807) is 31.2 Å². The number of ether oxygens (including phenoxy) is 1. The van der Waals surface area contributed by atoms with Crippen LogP contribution in [0.1, 0.15) is 17.3 Å². The molecular weight excluding hydrogens is 282 g/mol. The Kier molecular flexibility index (Phi) is 6.36. The van der Waals surface area contributed by atoms with Crippen molar-refractivity contribution in [2.75, 3.05) is 39.4 Å². The van der Waals surface area contributed by atoms with Gasteiger partial charge in [0, 0.05) is 31.7 Å². The molecule has 22 heavy (non-hydrogen) atoms. The molecule has 2 rings (SSSR count). The molecule has 0 saturated carbocycles. The molecule has 0 radical (unpaired) electrons. The summed E-state index contributed by atoms with van der Waals surface area (Å²) in [4.78, 5) is 26.2. The maximum absolute atomic E-state index is 12.0. The van der Waals surface area contributed by atoms with E-state index < -0.39 is 6.04 Å². The smallest absolute Gasteiger partial charge is 0.251 e. The van der Waals surface area contributed by atoms with E-state index in [4.69, 9.17) is 4.74 Å². The Morgan fingerprint density at radius 3 is 2.59 bits per heavy atom. The lowest BCUT2D eigenvalue weighted by atomic mass is 10.2. The fourth-order valence-corrected chi connectivity index (χ4v) is 2.25. The molecule has 1 atom stereocenters. The Balaban J connectivity index is 1.69. The molecule has 6 nitrogen and oxygen atoms in total. The number of nitrogens with zero attached hydrogens (tertiary/aromatic N) is 1. The largest absolute Gasteiger partial charge is 0.379 e. The minimum absolute atomic E-state index is 0.169. The number of hydrogen-bond donors (Lipinski definition) is 2. The molecular formula is C16H23N3O3. The van der Waals surface area contributed by atoms with Crippen LogP contribution in [-0.4, -0.2) is 62.1 Å². The van der Waals surface area contributed by atoms with Gasteiger partial charge in [0.05, 0.1) is 13.2 Å². The number of carbonyl (C=O) groups excluding carboxylic acids is 2. The molecule has 0 spiro atoms. The van der Waals surface area contributed by atoms with E-state index in [0.29, 0.717) is 12.1 Å². The fraction of sp³-hybridized carbons (Fsp3) is 0.500. The zero-order chi connectivity index (χ0) is 15.8. The minimum Gasteiger partial charge on any atom is -0.379 e. The molecule has 0 aliphatic carbocycles. The lowest BCUT2D eigenvalue weighted by molar-refractivity contribution is -0.122. The van der Waals surface area contributed by atoms with Crippen LogP contribution in [-0.2, 0) is 9.53 Å². The third-order valence-corrected chi connectivity index (χ3v) is 3.61. The van der Waals surface area contributed by atoms with E-state index in [9.17, 15) is 9.59 Å². The van der Waals surface area contributed by atoms with Gasteiger partial charge in [-0.25, -0.2) is 0 Å². The molecule has 2 N–H and O–H groups in total. The quantitative estimate of drug-likeness (QED) is 0.790. The van der Waals surface area contributed by atoms with Gasteiger partial charge >= 0.3 is 0 Å². The van der Waals surface area contributed by atoms with Crippen LogP contribution < -0.4 is 10.6 Å². The number of benzene rings is 1. The fourth-order valence-electron chi connectivity index (χ4n) is 2.25. The maximum Gasteiger partial charge on any atom is 0.251 e. The lowest BCUT2D eigenvalue weighted by Gasteiger charge is -2.26. The first-order chi connectivity index (χ1) is 10.7. The van der Waals surface area contributed by atoms with Gasteiger partial charge in [-0.05, 0) is 19.1 Å². The van der Waals surface area contributed by atoms with Crippen molar-refractivity contribution in [2.24, 2.45) is 0 Å². The Bertz CT molecular complexity index is 487. The average Bonchev–Trinajstić information content (AvgIpc) is 2.56. The van der Waals surface area contributed by atoms with Gasteiger partial charge in [-0.1, -0.05) is 18.2 Å². The van der Waals surface area contributed by atoms with Crippen LogP contribution in [0.25, 0.3) is 0 Å². The molecule has 1 fully saturated rings. The summed E-state index contributed by atoms with van der Waals surface area (Å²) in [5.41, 5.74) is 0.551. The van der Waals surface area contributed by atoms with Crippen molar-refractivity contribution in [3.05, 3.63) is 35.9 Å². The second-order valence-corrected chi connectivity index (χ2v) is 5.31. The first-order valence-corrected chi connectivity index (χ1v) is 7.60. The van der Waals surface area contributed by atoms with Gasteiger partial charge in [-0.3, -0.25) is 14.5 Å². The second kappa shape index (κ2) is 8.51. The second-order valence-electron chi connectivity index (χ2n) is 5.31. The zero-order valence-electron chi connectivity index (χ0n) is 12.9. The number of nitrogens with one attached hydrogen (secondary N) is 2. The van der Waals surface area contributed by atoms with Gasteiger partial charge < -0.3 is 15.4 Å². The summed E-state index contributed by atoms with van der Waals surface area (Å²) in [7, 11) is 0. The summed E-state index contributed by atoms with van der Waals surface area (Å²) in [6, 6.07) is 8.32. The van der Waals surface area contributed by atoms with Crippen LogP contribution in [0.3, 0.4) is 0 Å². The highest BCUT2D eigenvalue weighted by Crippen LogP contribution is 1.99. The monoisotopic (exact) mass is 305 g/mol. The summed E-state index contributed by atoms with van der Waals surface area (Å²) in [6.07, 6.45) is 0. The Morgan fingerprint density at radius 2 is 1.91 bits per heavy atom. The summed E-state index contributed by atoms with van der Waals surface area (Å²) < 4.78 is 5.27. The van der Waals surface area contributed by atoms with E-state index in [2.05, 4.69) is 15.5 Å². The van der Waals surface area contributed by atoms with Gasteiger partial charge in [0.25, 0.3) is 5.91 Å². The van der Waals surface area contributed by atoms with Crippen molar-refractivity contribution in [1.82, 2.24) is 15.5 Å².